The quantitative estimate of drug-likeness (QED) is 0.568. The molecule has 1 aliphatic carbocycles. The highest BCUT2D eigenvalue weighted by Crippen LogP contribution is 2.71. The SMILES string of the molecule is CC1(C)C(C=C(Br)Br)C1(Cc1cccc(-c2ccccc2)c1)C(=O)O. The van der Waals surface area contributed by atoms with Gasteiger partial charge >= 0.3 is 5.97 Å². The van der Waals surface area contributed by atoms with E-state index < -0.39 is 11.4 Å². The molecule has 2 nitrogen and oxygen atoms in total. The van der Waals surface area contributed by atoms with Gasteiger partial charge in [-0.1, -0.05) is 74.5 Å². The van der Waals surface area contributed by atoms with E-state index in [2.05, 4.69) is 56.1 Å². The summed E-state index contributed by atoms with van der Waals surface area (Å²) in [7, 11) is 0. The number of benzene rings is 2. The lowest BCUT2D eigenvalue weighted by Gasteiger charge is -2.16. The number of rotatable bonds is 5. The predicted molar refractivity (Wildman–Crippen MR) is 109 cm³/mol. The first-order valence-electron chi connectivity index (χ1n) is 8.19. The Morgan fingerprint density at radius 1 is 1.08 bits per heavy atom. The van der Waals surface area contributed by atoms with E-state index in [1.54, 1.807) is 0 Å². The molecule has 2 unspecified atom stereocenters. The van der Waals surface area contributed by atoms with Gasteiger partial charge in [0.1, 0.15) is 0 Å². The molecule has 1 saturated carbocycles. The van der Waals surface area contributed by atoms with Crippen molar-refractivity contribution >= 4 is 37.8 Å². The summed E-state index contributed by atoms with van der Waals surface area (Å²) >= 11 is 6.76. The standard InChI is InChI=1S/C21H20Br2O2/c1-20(2)17(12-18(22)23)21(20,19(24)25)13-14-7-6-10-16(11-14)15-8-4-3-5-9-15/h3-12,17H,13H2,1-2H3,(H,24,25). The van der Waals surface area contributed by atoms with E-state index in [0.29, 0.717) is 6.42 Å². The highest BCUT2D eigenvalue weighted by Gasteiger charge is 2.74. The molecular weight excluding hydrogens is 444 g/mol. The largest absolute Gasteiger partial charge is 0.481 e. The van der Waals surface area contributed by atoms with Crippen LogP contribution in [-0.4, -0.2) is 11.1 Å². The minimum absolute atomic E-state index is 0.0216. The van der Waals surface area contributed by atoms with E-state index in [9.17, 15) is 9.90 Å². The molecule has 0 bridgehead atoms. The molecule has 1 N–H and O–H groups in total. The highest BCUT2D eigenvalue weighted by atomic mass is 79.9. The molecule has 1 fully saturated rings. The van der Waals surface area contributed by atoms with Crippen molar-refractivity contribution in [2.75, 3.05) is 0 Å². The molecule has 25 heavy (non-hydrogen) atoms. The van der Waals surface area contributed by atoms with Crippen LogP contribution < -0.4 is 0 Å². The molecule has 0 saturated heterocycles. The summed E-state index contributed by atoms with van der Waals surface area (Å²) in [4.78, 5) is 12.2. The van der Waals surface area contributed by atoms with E-state index in [-0.39, 0.29) is 11.3 Å². The molecule has 2 atom stereocenters. The number of allylic oxidation sites excluding steroid dienone is 1. The number of carboxylic acids is 1. The van der Waals surface area contributed by atoms with Gasteiger partial charge in [0.15, 0.2) is 0 Å². The number of hydrogen-bond donors (Lipinski definition) is 1. The van der Waals surface area contributed by atoms with Crippen LogP contribution in [0.4, 0.5) is 0 Å². The second-order valence-electron chi connectivity index (χ2n) is 7.18. The Hall–Kier alpha value is -1.39. The summed E-state index contributed by atoms with van der Waals surface area (Å²) in [6.07, 6.45) is 2.49. The fourth-order valence-electron chi connectivity index (χ4n) is 4.01. The average molecular weight is 464 g/mol. The topological polar surface area (TPSA) is 37.3 Å². The lowest BCUT2D eigenvalue weighted by molar-refractivity contribution is -0.145. The van der Waals surface area contributed by atoms with Crippen molar-refractivity contribution in [2.24, 2.45) is 16.7 Å². The lowest BCUT2D eigenvalue weighted by Crippen LogP contribution is -2.24. The van der Waals surface area contributed by atoms with Crippen LogP contribution in [0, 0.1) is 16.7 Å². The van der Waals surface area contributed by atoms with Gasteiger partial charge in [-0.25, -0.2) is 0 Å². The van der Waals surface area contributed by atoms with Crippen molar-refractivity contribution in [3.05, 3.63) is 69.6 Å². The van der Waals surface area contributed by atoms with Crippen molar-refractivity contribution in [3.63, 3.8) is 0 Å². The van der Waals surface area contributed by atoms with Crippen LogP contribution in [0.25, 0.3) is 11.1 Å². The van der Waals surface area contributed by atoms with E-state index in [4.69, 9.17) is 0 Å². The van der Waals surface area contributed by atoms with Crippen molar-refractivity contribution < 1.29 is 9.90 Å². The van der Waals surface area contributed by atoms with Gasteiger partial charge in [0, 0.05) is 5.92 Å². The Morgan fingerprint density at radius 2 is 1.72 bits per heavy atom. The van der Waals surface area contributed by atoms with E-state index in [0.717, 1.165) is 20.1 Å². The third-order valence-electron chi connectivity index (χ3n) is 5.57. The number of carboxylic acid groups (broad SMARTS) is 1. The summed E-state index contributed by atoms with van der Waals surface area (Å²) < 4.78 is 0.805. The molecule has 3 rings (SSSR count). The van der Waals surface area contributed by atoms with Gasteiger partial charge in [0.25, 0.3) is 0 Å². The molecule has 0 radical (unpaired) electrons. The van der Waals surface area contributed by atoms with Gasteiger partial charge in [-0.05, 0) is 60.4 Å². The van der Waals surface area contributed by atoms with Gasteiger partial charge in [-0.2, -0.15) is 0 Å². The van der Waals surface area contributed by atoms with Crippen molar-refractivity contribution in [1.29, 1.82) is 0 Å². The van der Waals surface area contributed by atoms with Gasteiger partial charge in [-0.15, -0.1) is 0 Å². The number of hydrogen-bond acceptors (Lipinski definition) is 1. The number of halogens is 2. The predicted octanol–water partition coefficient (Wildman–Crippen LogP) is 6.25. The van der Waals surface area contributed by atoms with E-state index in [1.165, 1.54) is 0 Å². The monoisotopic (exact) mass is 462 g/mol. The molecule has 4 heteroatoms. The zero-order chi connectivity index (χ0) is 18.2. The number of carbonyl (C=O) groups is 1. The Morgan fingerprint density at radius 3 is 2.32 bits per heavy atom. The second kappa shape index (κ2) is 6.73. The Balaban J connectivity index is 1.96. The van der Waals surface area contributed by atoms with Crippen LogP contribution in [0.2, 0.25) is 0 Å². The molecule has 2 aromatic carbocycles. The van der Waals surface area contributed by atoms with Crippen LogP contribution in [0.5, 0.6) is 0 Å². The molecule has 2 aromatic rings. The zero-order valence-electron chi connectivity index (χ0n) is 14.2. The first-order valence-corrected chi connectivity index (χ1v) is 9.78. The summed E-state index contributed by atoms with van der Waals surface area (Å²) in [6.45, 7) is 4.07. The molecule has 1 aliphatic rings. The van der Waals surface area contributed by atoms with Crippen LogP contribution in [0.1, 0.15) is 19.4 Å². The minimum Gasteiger partial charge on any atom is -0.481 e. The van der Waals surface area contributed by atoms with E-state index in [1.807, 2.05) is 50.3 Å². The summed E-state index contributed by atoms with van der Waals surface area (Å²) in [6, 6.07) is 18.4. The Kier molecular flexibility index (Phi) is 4.95. The third kappa shape index (κ3) is 3.22. The van der Waals surface area contributed by atoms with Gasteiger partial charge < -0.3 is 5.11 Å². The van der Waals surface area contributed by atoms with Gasteiger partial charge in [0.2, 0.25) is 0 Å². The molecule has 0 aliphatic heterocycles. The molecule has 0 spiro atoms. The van der Waals surface area contributed by atoms with Crippen molar-refractivity contribution in [3.8, 4) is 11.1 Å². The van der Waals surface area contributed by atoms with Crippen LogP contribution in [-0.2, 0) is 11.2 Å². The van der Waals surface area contributed by atoms with Crippen molar-refractivity contribution in [2.45, 2.75) is 20.3 Å². The molecule has 0 aromatic heterocycles. The fraction of sp³-hybridized carbons (Fsp3) is 0.286. The smallest absolute Gasteiger partial charge is 0.311 e. The third-order valence-corrected chi connectivity index (χ3v) is 6.09. The van der Waals surface area contributed by atoms with Gasteiger partial charge in [-0.3, -0.25) is 4.79 Å². The normalized spacial score (nSPS) is 23.8. The lowest BCUT2D eigenvalue weighted by atomic mass is 9.87. The maximum atomic E-state index is 12.2. The fourth-order valence-corrected chi connectivity index (χ4v) is 4.54. The average Bonchev–Trinajstić information content (AvgIpc) is 3.03. The van der Waals surface area contributed by atoms with Gasteiger partial charge in [0.05, 0.1) is 8.81 Å². The van der Waals surface area contributed by atoms with Crippen LogP contribution in [0.3, 0.4) is 0 Å². The zero-order valence-corrected chi connectivity index (χ0v) is 17.3. The molecular formula is C21H20Br2O2. The maximum absolute atomic E-state index is 12.2. The molecule has 130 valence electrons. The molecule has 0 amide bonds. The summed E-state index contributed by atoms with van der Waals surface area (Å²) in [5.74, 6) is -0.753. The number of aliphatic carboxylic acids is 1. The van der Waals surface area contributed by atoms with Crippen LogP contribution in [0.15, 0.2) is 64.1 Å². The highest BCUT2D eigenvalue weighted by molar-refractivity contribution is 9.28. The minimum atomic E-state index is -0.783. The summed E-state index contributed by atoms with van der Waals surface area (Å²) in [5, 5.41) is 10.0. The Labute approximate surface area is 165 Å². The summed E-state index contributed by atoms with van der Waals surface area (Å²) in [5.41, 5.74) is 2.23. The first kappa shape index (κ1) is 18.4. The Bertz CT molecular complexity index is 823. The van der Waals surface area contributed by atoms with Crippen molar-refractivity contribution in [1.82, 2.24) is 0 Å². The first-order chi connectivity index (χ1) is 11.8. The second-order valence-corrected chi connectivity index (χ2v) is 9.95. The maximum Gasteiger partial charge on any atom is 0.311 e. The molecule has 0 heterocycles. The van der Waals surface area contributed by atoms with Crippen LogP contribution >= 0.6 is 31.9 Å². The van der Waals surface area contributed by atoms with E-state index >= 15 is 0 Å².